The summed E-state index contributed by atoms with van der Waals surface area (Å²) in [6, 6.07) is 3.04. The van der Waals surface area contributed by atoms with Crippen molar-refractivity contribution in [2.24, 2.45) is 17.6 Å². The van der Waals surface area contributed by atoms with Crippen molar-refractivity contribution in [3.63, 3.8) is 0 Å². The number of phenols is 1. The van der Waals surface area contributed by atoms with Crippen LogP contribution in [0.2, 0.25) is 0 Å². The number of esters is 2. The largest absolute Gasteiger partial charge is 0.507 e. The number of rotatable bonds is 4. The highest BCUT2D eigenvalue weighted by Gasteiger charge is 2.62. The molecule has 0 saturated heterocycles. The van der Waals surface area contributed by atoms with Crippen LogP contribution in [-0.2, 0) is 35.1 Å². The number of amides is 1. The zero-order valence-corrected chi connectivity index (χ0v) is 20.2. The number of nitrogens with zero attached hydrogens (tertiary/aromatic N) is 1. The van der Waals surface area contributed by atoms with E-state index in [4.69, 9.17) is 15.2 Å². The van der Waals surface area contributed by atoms with Crippen LogP contribution in [0.3, 0.4) is 0 Å². The molecule has 3 atom stereocenters. The Balaban J connectivity index is 2.10. The average molecular weight is 498 g/mol. The van der Waals surface area contributed by atoms with Gasteiger partial charge < -0.3 is 30.3 Å². The van der Waals surface area contributed by atoms with E-state index in [1.807, 2.05) is 0 Å². The van der Waals surface area contributed by atoms with Gasteiger partial charge in [-0.05, 0) is 36.5 Å². The van der Waals surface area contributed by atoms with Crippen molar-refractivity contribution < 1.29 is 43.7 Å². The molecule has 1 amide bonds. The minimum Gasteiger partial charge on any atom is -0.507 e. The third kappa shape index (κ3) is 3.53. The molecule has 0 saturated carbocycles. The lowest BCUT2D eigenvalue weighted by Gasteiger charge is -2.49. The van der Waals surface area contributed by atoms with E-state index < -0.39 is 63.9 Å². The predicted molar refractivity (Wildman–Crippen MR) is 124 cm³/mol. The highest BCUT2D eigenvalue weighted by molar-refractivity contribution is 6.20. The molecule has 0 spiro atoms. The minimum absolute atomic E-state index is 0.0148. The Bertz CT molecular complexity index is 1310. The minimum atomic E-state index is -2.30. The van der Waals surface area contributed by atoms with Gasteiger partial charge in [0.25, 0.3) is 5.91 Å². The molecule has 0 aliphatic heterocycles. The Morgan fingerprint density at radius 2 is 1.75 bits per heavy atom. The molecule has 11 heteroatoms. The maximum atomic E-state index is 13.9. The number of benzene rings is 1. The van der Waals surface area contributed by atoms with Crippen molar-refractivity contribution in [3.05, 3.63) is 45.9 Å². The number of aliphatic hydroxyl groups excluding tert-OH is 1. The van der Waals surface area contributed by atoms with Crippen molar-refractivity contribution in [2.45, 2.75) is 38.7 Å². The molecule has 3 aliphatic carbocycles. The summed E-state index contributed by atoms with van der Waals surface area (Å²) in [4.78, 5) is 65.0. The van der Waals surface area contributed by atoms with Crippen molar-refractivity contribution in [1.82, 2.24) is 0 Å². The van der Waals surface area contributed by atoms with E-state index >= 15 is 0 Å². The number of hydrogen-bond acceptors (Lipinski definition) is 10. The molecule has 4 rings (SSSR count). The van der Waals surface area contributed by atoms with Crippen LogP contribution in [0.4, 0.5) is 5.69 Å². The Kier molecular flexibility index (Phi) is 5.90. The number of ketones is 2. The summed E-state index contributed by atoms with van der Waals surface area (Å²) in [6.45, 7) is 2.09. The van der Waals surface area contributed by atoms with Crippen LogP contribution in [0.25, 0.3) is 0 Å². The number of aromatic hydroxyl groups is 1. The van der Waals surface area contributed by atoms with Crippen LogP contribution < -0.4 is 10.6 Å². The van der Waals surface area contributed by atoms with Gasteiger partial charge in [0.05, 0.1) is 5.56 Å². The summed E-state index contributed by atoms with van der Waals surface area (Å²) in [5.74, 6) is -7.85. The van der Waals surface area contributed by atoms with Gasteiger partial charge >= 0.3 is 11.9 Å². The van der Waals surface area contributed by atoms with Gasteiger partial charge in [-0.2, -0.15) is 0 Å². The fourth-order valence-electron chi connectivity index (χ4n) is 5.66. The third-order valence-electron chi connectivity index (χ3n) is 6.90. The van der Waals surface area contributed by atoms with Crippen LogP contribution in [0.5, 0.6) is 5.75 Å². The fraction of sp³-hybridized carbons (Fsp3) is 0.400. The molecule has 0 fully saturated rings. The number of anilines is 1. The quantitative estimate of drug-likeness (QED) is 0.404. The summed E-state index contributed by atoms with van der Waals surface area (Å²) in [7, 11) is 3.57. The highest BCUT2D eigenvalue weighted by atomic mass is 16.6. The zero-order chi connectivity index (χ0) is 26.7. The molecular weight excluding hydrogens is 472 g/mol. The molecular formula is C25H26N2O9. The van der Waals surface area contributed by atoms with E-state index in [2.05, 4.69) is 0 Å². The van der Waals surface area contributed by atoms with Crippen molar-refractivity contribution >= 4 is 35.1 Å². The molecule has 0 bridgehead atoms. The maximum Gasteiger partial charge on any atom is 0.307 e. The average Bonchev–Trinajstić information content (AvgIpc) is 2.74. The Morgan fingerprint density at radius 1 is 1.08 bits per heavy atom. The van der Waals surface area contributed by atoms with Gasteiger partial charge in [0.1, 0.15) is 11.3 Å². The Hall–Kier alpha value is -4.15. The second-order valence-electron chi connectivity index (χ2n) is 9.40. The Morgan fingerprint density at radius 3 is 2.31 bits per heavy atom. The molecule has 0 unspecified atom stereocenters. The maximum absolute atomic E-state index is 13.9. The van der Waals surface area contributed by atoms with Gasteiger partial charge in [-0.15, -0.1) is 0 Å². The van der Waals surface area contributed by atoms with Crippen LogP contribution in [0.15, 0.2) is 34.8 Å². The number of primary amides is 1. The van der Waals surface area contributed by atoms with E-state index in [0.717, 1.165) is 13.8 Å². The number of phenolic OH excluding ortho intramolecular Hbond substituents is 1. The summed E-state index contributed by atoms with van der Waals surface area (Å²) >= 11 is 0. The van der Waals surface area contributed by atoms with Crippen molar-refractivity contribution in [1.29, 1.82) is 0 Å². The summed E-state index contributed by atoms with van der Waals surface area (Å²) in [5.41, 5.74) is 3.41. The van der Waals surface area contributed by atoms with Gasteiger partial charge in [0.15, 0.2) is 23.1 Å². The van der Waals surface area contributed by atoms with E-state index in [-0.39, 0.29) is 36.1 Å². The molecule has 190 valence electrons. The molecule has 3 aliphatic rings. The molecule has 1 aromatic carbocycles. The molecule has 11 nitrogen and oxygen atoms in total. The molecule has 36 heavy (non-hydrogen) atoms. The van der Waals surface area contributed by atoms with E-state index in [9.17, 15) is 34.2 Å². The first-order valence-corrected chi connectivity index (χ1v) is 11.3. The molecule has 0 aromatic heterocycles. The number of ether oxygens (including phenoxy) is 2. The normalized spacial score (nSPS) is 25.0. The monoisotopic (exact) mass is 498 g/mol. The number of allylic oxidation sites excluding steroid dienone is 1. The number of aliphatic hydroxyl groups is 1. The predicted octanol–water partition coefficient (Wildman–Crippen LogP) is 1.22. The van der Waals surface area contributed by atoms with Crippen LogP contribution >= 0.6 is 0 Å². The standard InChI is InChI=1S/C25H26N2O9/c1-10(28)35-23-18-12(8-14-15(27(3)4)5-6-16(30)19(14)21(18)32)7-13-9-17(31)20(24(26)34)22(33)25(13,23)36-11(2)29/h5-6,12-13,30,33H,7-9H2,1-4H3,(H2,26,34)/t12-,13+,25-/m1/s1. The van der Waals surface area contributed by atoms with E-state index in [1.54, 1.807) is 25.1 Å². The van der Waals surface area contributed by atoms with Crippen LogP contribution in [-0.4, -0.2) is 59.3 Å². The van der Waals surface area contributed by atoms with Crippen molar-refractivity contribution in [2.75, 3.05) is 19.0 Å². The fourth-order valence-corrected chi connectivity index (χ4v) is 5.66. The van der Waals surface area contributed by atoms with Crippen molar-refractivity contribution in [3.8, 4) is 5.75 Å². The third-order valence-corrected chi connectivity index (χ3v) is 6.90. The molecule has 1 aromatic rings. The zero-order valence-electron chi connectivity index (χ0n) is 20.2. The highest BCUT2D eigenvalue weighted by Crippen LogP contribution is 2.55. The van der Waals surface area contributed by atoms with Gasteiger partial charge in [-0.25, -0.2) is 0 Å². The number of Topliss-reactive ketones (excluding diaryl/α,β-unsaturated/α-hetero) is 2. The second-order valence-corrected chi connectivity index (χ2v) is 9.40. The lowest BCUT2D eigenvalue weighted by Crippen LogP contribution is -2.56. The van der Waals surface area contributed by atoms with E-state index in [1.165, 1.54) is 6.07 Å². The molecule has 0 radical (unpaired) electrons. The first-order valence-electron chi connectivity index (χ1n) is 11.3. The lowest BCUT2D eigenvalue weighted by molar-refractivity contribution is -0.171. The number of carbonyl (C=O) groups is 5. The molecule has 0 heterocycles. The number of hydrogen-bond donors (Lipinski definition) is 3. The van der Waals surface area contributed by atoms with Gasteiger partial charge in [0, 0.05) is 51.5 Å². The summed E-state index contributed by atoms with van der Waals surface area (Å²) in [5, 5.41) is 21.8. The second kappa shape index (κ2) is 8.51. The van der Waals surface area contributed by atoms with Gasteiger partial charge in [0.2, 0.25) is 5.60 Å². The SMILES string of the molecule is CC(=O)OC1=C2C(=O)c3c(O)ccc(N(C)C)c3C[C@H]2C[C@H]2CC(=O)C(C(N)=O)=C(O)[C@@]12OC(C)=O. The number of fused-ring (bicyclic) bond motifs is 3. The topological polar surface area (TPSA) is 174 Å². The van der Waals surface area contributed by atoms with E-state index in [0.29, 0.717) is 11.3 Å². The lowest BCUT2D eigenvalue weighted by atomic mass is 9.60. The summed E-state index contributed by atoms with van der Waals surface area (Å²) in [6.07, 6.45) is -0.0498. The number of carbonyl (C=O) groups excluding carboxylic acids is 5. The van der Waals surface area contributed by atoms with Gasteiger partial charge in [-0.1, -0.05) is 0 Å². The smallest absolute Gasteiger partial charge is 0.307 e. The van der Waals surface area contributed by atoms with Gasteiger partial charge in [-0.3, -0.25) is 24.0 Å². The first kappa shape index (κ1) is 25.0. The Labute approximate surface area is 206 Å². The molecule has 4 N–H and O–H groups in total. The number of nitrogens with two attached hydrogens (primary N) is 1. The van der Waals surface area contributed by atoms with Crippen LogP contribution in [0.1, 0.15) is 42.6 Å². The van der Waals surface area contributed by atoms with Crippen LogP contribution in [0, 0.1) is 11.8 Å². The first-order chi connectivity index (χ1) is 16.8. The summed E-state index contributed by atoms with van der Waals surface area (Å²) < 4.78 is 11.0.